The number of ketones is 1. The molecule has 3 aromatic rings. The lowest BCUT2D eigenvalue weighted by molar-refractivity contribution is -0.147. The molecule has 0 spiro atoms. The van der Waals surface area contributed by atoms with E-state index in [0.717, 1.165) is 17.1 Å². The fraction of sp³-hybridized carbons (Fsp3) is 0.346. The third kappa shape index (κ3) is 4.53. The summed E-state index contributed by atoms with van der Waals surface area (Å²) < 4.78 is 23.8. The Morgan fingerprint density at radius 2 is 1.89 bits per heavy atom. The van der Waals surface area contributed by atoms with Crippen molar-refractivity contribution < 1.29 is 33.0 Å². The summed E-state index contributed by atoms with van der Waals surface area (Å²) in [6.45, 7) is 4.93. The van der Waals surface area contributed by atoms with Crippen LogP contribution in [0, 0.1) is 19.8 Å². The van der Waals surface area contributed by atoms with Gasteiger partial charge in [0.05, 0.1) is 18.7 Å². The smallest absolute Gasteiger partial charge is 0.311 e. The van der Waals surface area contributed by atoms with Crippen molar-refractivity contribution in [1.29, 1.82) is 0 Å². The minimum absolute atomic E-state index is 0.0619. The summed E-state index contributed by atoms with van der Waals surface area (Å²) in [6, 6.07) is 11.0. The minimum Gasteiger partial charge on any atom is -0.486 e. The van der Waals surface area contributed by atoms with Crippen LogP contribution in [0.1, 0.15) is 33.9 Å². The van der Waals surface area contributed by atoms with Gasteiger partial charge in [0.15, 0.2) is 18.1 Å². The molecular weight excluding hydrogens is 452 g/mol. The quantitative estimate of drug-likeness (QED) is 0.380. The highest BCUT2D eigenvalue weighted by Crippen LogP contribution is 2.33. The first-order valence-electron chi connectivity index (χ1n) is 11.5. The van der Waals surface area contributed by atoms with Gasteiger partial charge >= 0.3 is 5.97 Å². The fourth-order valence-corrected chi connectivity index (χ4v) is 4.62. The number of rotatable bonds is 7. The third-order valence-corrected chi connectivity index (χ3v) is 6.34. The summed E-state index contributed by atoms with van der Waals surface area (Å²) in [5.41, 5.74) is 2.93. The Hall–Kier alpha value is -4.01. The van der Waals surface area contributed by atoms with Crippen LogP contribution in [-0.2, 0) is 20.9 Å². The van der Waals surface area contributed by atoms with E-state index in [9.17, 15) is 14.4 Å². The lowest BCUT2D eigenvalue weighted by Gasteiger charge is -2.20. The molecule has 0 saturated carbocycles. The van der Waals surface area contributed by atoms with Gasteiger partial charge in [0.25, 0.3) is 0 Å². The van der Waals surface area contributed by atoms with Crippen LogP contribution in [0.2, 0.25) is 0 Å². The summed E-state index contributed by atoms with van der Waals surface area (Å²) >= 11 is 0. The second kappa shape index (κ2) is 9.32. The number of hydrogen-bond acceptors (Lipinski definition) is 7. The Bertz CT molecular complexity index is 1280. The normalized spacial score (nSPS) is 17.0. The van der Waals surface area contributed by atoms with Gasteiger partial charge in [0.1, 0.15) is 19.0 Å². The van der Waals surface area contributed by atoms with Crippen molar-refractivity contribution in [1.82, 2.24) is 9.47 Å². The maximum Gasteiger partial charge on any atom is 0.311 e. The minimum atomic E-state index is -0.601. The lowest BCUT2D eigenvalue weighted by Crippen LogP contribution is -2.27. The summed E-state index contributed by atoms with van der Waals surface area (Å²) in [5.74, 6) is 0.416. The third-order valence-electron chi connectivity index (χ3n) is 6.34. The van der Waals surface area contributed by atoms with E-state index < -0.39 is 11.9 Å². The number of furan rings is 1. The molecule has 1 atom stereocenters. The predicted molar refractivity (Wildman–Crippen MR) is 124 cm³/mol. The van der Waals surface area contributed by atoms with Gasteiger partial charge in [-0.3, -0.25) is 14.4 Å². The summed E-state index contributed by atoms with van der Waals surface area (Å²) in [7, 11) is 0. The molecule has 182 valence electrons. The Balaban J connectivity index is 1.23. The highest BCUT2D eigenvalue weighted by molar-refractivity contribution is 5.99. The Morgan fingerprint density at radius 3 is 2.66 bits per heavy atom. The van der Waals surface area contributed by atoms with Crippen LogP contribution < -0.4 is 9.47 Å². The number of aromatic nitrogens is 1. The standard InChI is InChI=1S/C26H26N2O7/c1-16-10-21(17(2)28(16)19-5-6-23-24(12-19)34-9-8-33-23)22(29)15-35-26(31)18-11-25(30)27(13-18)14-20-4-3-7-32-20/h3-7,10,12,18H,8-9,11,13-15H2,1-2H3/t18-/m1/s1. The van der Waals surface area contributed by atoms with E-state index in [1.165, 1.54) is 6.26 Å². The highest BCUT2D eigenvalue weighted by atomic mass is 16.6. The average molecular weight is 479 g/mol. The molecule has 9 nitrogen and oxygen atoms in total. The number of ether oxygens (including phenoxy) is 3. The van der Waals surface area contributed by atoms with E-state index in [1.54, 1.807) is 23.1 Å². The predicted octanol–water partition coefficient (Wildman–Crippen LogP) is 3.23. The summed E-state index contributed by atoms with van der Waals surface area (Å²) in [4.78, 5) is 39.3. The molecule has 4 heterocycles. The van der Waals surface area contributed by atoms with Crippen LogP contribution in [0.3, 0.4) is 0 Å². The zero-order valence-corrected chi connectivity index (χ0v) is 19.6. The molecule has 1 saturated heterocycles. The number of carbonyl (C=O) groups is 3. The lowest BCUT2D eigenvalue weighted by atomic mass is 10.1. The number of likely N-dealkylation sites (tertiary alicyclic amines) is 1. The maximum absolute atomic E-state index is 12.9. The van der Waals surface area contributed by atoms with Crippen molar-refractivity contribution in [3.05, 3.63) is 65.4 Å². The summed E-state index contributed by atoms with van der Waals surface area (Å²) in [5, 5.41) is 0. The van der Waals surface area contributed by atoms with Crippen LogP contribution in [0.15, 0.2) is 47.1 Å². The van der Waals surface area contributed by atoms with Gasteiger partial charge < -0.3 is 28.1 Å². The molecule has 0 aliphatic carbocycles. The number of Topliss-reactive ketones (excluding diaryl/α,β-unsaturated/α-hetero) is 1. The van der Waals surface area contributed by atoms with E-state index in [4.69, 9.17) is 18.6 Å². The molecule has 0 radical (unpaired) electrons. The molecule has 35 heavy (non-hydrogen) atoms. The van der Waals surface area contributed by atoms with E-state index in [2.05, 4.69) is 0 Å². The first kappa shape index (κ1) is 22.8. The zero-order valence-electron chi connectivity index (χ0n) is 19.6. The molecule has 0 unspecified atom stereocenters. The molecule has 1 fully saturated rings. The molecule has 1 aromatic carbocycles. The number of fused-ring (bicyclic) bond motifs is 1. The number of benzene rings is 1. The van der Waals surface area contributed by atoms with Crippen molar-refractivity contribution in [3.8, 4) is 17.2 Å². The van der Waals surface area contributed by atoms with Gasteiger partial charge in [0.2, 0.25) is 11.7 Å². The van der Waals surface area contributed by atoms with E-state index in [1.807, 2.05) is 36.6 Å². The van der Waals surface area contributed by atoms with Crippen molar-refractivity contribution in [2.45, 2.75) is 26.8 Å². The Kier molecular flexibility index (Phi) is 6.07. The molecule has 0 bridgehead atoms. The number of aryl methyl sites for hydroxylation is 1. The SMILES string of the molecule is Cc1cc(C(=O)COC(=O)[C@@H]2CC(=O)N(Cc3ccco3)C2)c(C)n1-c1ccc2c(c1)OCCO2. The molecule has 2 aliphatic rings. The molecular formula is C26H26N2O7. The Labute approximate surface area is 202 Å². The molecule has 5 rings (SSSR count). The first-order chi connectivity index (χ1) is 16.9. The van der Waals surface area contributed by atoms with Crippen LogP contribution in [0.4, 0.5) is 0 Å². The average Bonchev–Trinajstić information content (AvgIpc) is 3.57. The largest absolute Gasteiger partial charge is 0.486 e. The van der Waals surface area contributed by atoms with Crippen molar-refractivity contribution >= 4 is 17.7 Å². The van der Waals surface area contributed by atoms with Crippen LogP contribution in [-0.4, -0.2) is 53.5 Å². The topological polar surface area (TPSA) is 100 Å². The molecule has 0 N–H and O–H groups in total. The van der Waals surface area contributed by atoms with Crippen LogP contribution in [0.5, 0.6) is 11.5 Å². The molecule has 9 heteroatoms. The Morgan fingerprint density at radius 1 is 1.09 bits per heavy atom. The zero-order chi connectivity index (χ0) is 24.5. The van der Waals surface area contributed by atoms with Crippen LogP contribution in [0.25, 0.3) is 5.69 Å². The number of carbonyl (C=O) groups excluding carboxylic acids is 3. The number of hydrogen-bond donors (Lipinski definition) is 0. The highest BCUT2D eigenvalue weighted by Gasteiger charge is 2.36. The van der Waals surface area contributed by atoms with Gasteiger partial charge in [-0.25, -0.2) is 0 Å². The van der Waals surface area contributed by atoms with Crippen molar-refractivity contribution in [2.24, 2.45) is 5.92 Å². The number of nitrogens with zero attached hydrogens (tertiary/aromatic N) is 2. The maximum atomic E-state index is 12.9. The van der Waals surface area contributed by atoms with E-state index in [0.29, 0.717) is 42.6 Å². The van der Waals surface area contributed by atoms with Crippen molar-refractivity contribution in [3.63, 3.8) is 0 Å². The summed E-state index contributed by atoms with van der Waals surface area (Å²) in [6.07, 6.45) is 1.60. The van der Waals surface area contributed by atoms with Gasteiger partial charge in [-0.05, 0) is 44.2 Å². The van der Waals surface area contributed by atoms with E-state index >= 15 is 0 Å². The van der Waals surface area contributed by atoms with Gasteiger partial charge in [-0.1, -0.05) is 0 Å². The first-order valence-corrected chi connectivity index (χ1v) is 11.5. The molecule has 2 aromatic heterocycles. The van der Waals surface area contributed by atoms with Gasteiger partial charge in [-0.15, -0.1) is 0 Å². The van der Waals surface area contributed by atoms with Gasteiger partial charge in [0, 0.05) is 41.7 Å². The van der Waals surface area contributed by atoms with Gasteiger partial charge in [-0.2, -0.15) is 0 Å². The fourth-order valence-electron chi connectivity index (χ4n) is 4.62. The number of esters is 1. The molecule has 1 amide bonds. The van der Waals surface area contributed by atoms with Crippen LogP contribution >= 0.6 is 0 Å². The number of amides is 1. The monoisotopic (exact) mass is 478 g/mol. The van der Waals surface area contributed by atoms with Crippen molar-refractivity contribution in [2.75, 3.05) is 26.4 Å². The second-order valence-corrected chi connectivity index (χ2v) is 8.73. The second-order valence-electron chi connectivity index (χ2n) is 8.73. The molecule has 2 aliphatic heterocycles. The van der Waals surface area contributed by atoms with E-state index in [-0.39, 0.29) is 31.3 Å².